The normalized spacial score (nSPS) is 20.0. The van der Waals surface area contributed by atoms with E-state index in [1.54, 1.807) is 4.90 Å². The van der Waals surface area contributed by atoms with Crippen LogP contribution in [0.3, 0.4) is 0 Å². The summed E-state index contributed by atoms with van der Waals surface area (Å²) in [4.78, 5) is 16.1. The van der Waals surface area contributed by atoms with E-state index in [2.05, 4.69) is 32.0 Å². The van der Waals surface area contributed by atoms with E-state index < -0.39 is 0 Å². The van der Waals surface area contributed by atoms with Crippen molar-refractivity contribution in [3.63, 3.8) is 0 Å². The molecule has 1 aromatic rings. The highest BCUT2D eigenvalue weighted by Gasteiger charge is 2.30. The maximum absolute atomic E-state index is 12.4. The fraction of sp³-hybridized carbons (Fsp3) is 0.533. The number of hydrogen-bond donors (Lipinski definition) is 1. The molecule has 1 aliphatic heterocycles. The van der Waals surface area contributed by atoms with Crippen molar-refractivity contribution < 1.29 is 4.79 Å². The molecule has 2 amide bonds. The Balaban J connectivity index is 2.30. The third-order valence-corrected chi connectivity index (χ3v) is 3.76. The zero-order chi connectivity index (χ0) is 14.0. The van der Waals surface area contributed by atoms with Gasteiger partial charge >= 0.3 is 6.03 Å². The van der Waals surface area contributed by atoms with E-state index in [9.17, 15) is 4.79 Å². The van der Waals surface area contributed by atoms with Crippen LogP contribution in [0.25, 0.3) is 0 Å². The maximum atomic E-state index is 12.4. The topological polar surface area (TPSA) is 49.6 Å². The Morgan fingerprint density at radius 2 is 2.05 bits per heavy atom. The maximum Gasteiger partial charge on any atom is 0.324 e. The van der Waals surface area contributed by atoms with E-state index in [4.69, 9.17) is 5.73 Å². The standard InChI is InChI=1S/C15H23N3O/c1-11-4-5-12(2)14(8-11)18-10-13(6-7-16)9-17(3)15(18)19/h4-5,8,13H,6-7,9-10,16H2,1-3H3. The molecule has 19 heavy (non-hydrogen) atoms. The number of benzene rings is 1. The lowest BCUT2D eigenvalue weighted by Gasteiger charge is -2.39. The van der Waals surface area contributed by atoms with Crippen LogP contribution in [0.2, 0.25) is 0 Å². The summed E-state index contributed by atoms with van der Waals surface area (Å²) in [5.41, 5.74) is 9.00. The summed E-state index contributed by atoms with van der Waals surface area (Å²) in [6.45, 7) is 6.35. The molecule has 0 aliphatic carbocycles. The van der Waals surface area contributed by atoms with Crippen molar-refractivity contribution in [3.05, 3.63) is 29.3 Å². The second-order valence-electron chi connectivity index (χ2n) is 5.51. The van der Waals surface area contributed by atoms with Gasteiger partial charge < -0.3 is 10.6 Å². The lowest BCUT2D eigenvalue weighted by atomic mass is 10.0. The van der Waals surface area contributed by atoms with Gasteiger partial charge in [-0.2, -0.15) is 0 Å². The van der Waals surface area contributed by atoms with Gasteiger partial charge in [0.25, 0.3) is 0 Å². The molecular weight excluding hydrogens is 238 g/mol. The Morgan fingerprint density at radius 1 is 1.32 bits per heavy atom. The fourth-order valence-electron chi connectivity index (χ4n) is 2.70. The van der Waals surface area contributed by atoms with Gasteiger partial charge in [0.2, 0.25) is 0 Å². The summed E-state index contributed by atoms with van der Waals surface area (Å²) in [7, 11) is 1.86. The van der Waals surface area contributed by atoms with E-state index in [0.29, 0.717) is 12.5 Å². The molecule has 0 aromatic heterocycles. The number of amides is 2. The van der Waals surface area contributed by atoms with Crippen LogP contribution < -0.4 is 10.6 Å². The number of urea groups is 1. The molecule has 1 atom stereocenters. The molecule has 0 bridgehead atoms. The van der Waals surface area contributed by atoms with Crippen LogP contribution in [0.5, 0.6) is 0 Å². The van der Waals surface area contributed by atoms with Crippen LogP contribution >= 0.6 is 0 Å². The van der Waals surface area contributed by atoms with E-state index >= 15 is 0 Å². The molecule has 1 unspecified atom stereocenters. The first-order valence-electron chi connectivity index (χ1n) is 6.83. The summed E-state index contributed by atoms with van der Waals surface area (Å²) in [5.74, 6) is 0.451. The zero-order valence-electron chi connectivity index (χ0n) is 12.0. The highest BCUT2D eigenvalue weighted by molar-refractivity contribution is 5.93. The van der Waals surface area contributed by atoms with Crippen molar-refractivity contribution in [3.8, 4) is 0 Å². The Hall–Kier alpha value is -1.55. The van der Waals surface area contributed by atoms with Gasteiger partial charge in [-0.05, 0) is 49.9 Å². The van der Waals surface area contributed by atoms with Gasteiger partial charge in [-0.3, -0.25) is 4.90 Å². The van der Waals surface area contributed by atoms with E-state index in [1.807, 2.05) is 11.9 Å². The molecule has 2 rings (SSSR count). The minimum atomic E-state index is 0.0852. The number of hydrogen-bond acceptors (Lipinski definition) is 2. The molecule has 2 N–H and O–H groups in total. The summed E-state index contributed by atoms with van der Waals surface area (Å²) < 4.78 is 0. The van der Waals surface area contributed by atoms with Crippen molar-refractivity contribution in [2.24, 2.45) is 11.7 Å². The number of nitrogens with zero attached hydrogens (tertiary/aromatic N) is 2. The number of anilines is 1. The SMILES string of the molecule is Cc1ccc(C)c(N2CC(CCN)CN(C)C2=O)c1. The van der Waals surface area contributed by atoms with Crippen LogP contribution in [0.4, 0.5) is 10.5 Å². The summed E-state index contributed by atoms with van der Waals surface area (Å²) in [5, 5.41) is 0. The number of carbonyl (C=O) groups is 1. The molecule has 0 saturated carbocycles. The minimum Gasteiger partial charge on any atom is -0.330 e. The zero-order valence-corrected chi connectivity index (χ0v) is 12.0. The van der Waals surface area contributed by atoms with Crippen molar-refractivity contribution in [2.75, 3.05) is 31.6 Å². The first-order valence-corrected chi connectivity index (χ1v) is 6.83. The molecule has 1 saturated heterocycles. The van der Waals surface area contributed by atoms with Crippen molar-refractivity contribution in [2.45, 2.75) is 20.3 Å². The first-order chi connectivity index (χ1) is 9.02. The van der Waals surface area contributed by atoms with E-state index in [1.165, 1.54) is 5.56 Å². The highest BCUT2D eigenvalue weighted by Crippen LogP contribution is 2.27. The largest absolute Gasteiger partial charge is 0.330 e. The van der Waals surface area contributed by atoms with E-state index in [-0.39, 0.29) is 6.03 Å². The van der Waals surface area contributed by atoms with Crippen LogP contribution in [0.15, 0.2) is 18.2 Å². The van der Waals surface area contributed by atoms with Crippen molar-refractivity contribution in [1.82, 2.24) is 4.90 Å². The Kier molecular flexibility index (Phi) is 4.10. The fourth-order valence-corrected chi connectivity index (χ4v) is 2.70. The van der Waals surface area contributed by atoms with Crippen molar-refractivity contribution >= 4 is 11.7 Å². The molecule has 0 spiro atoms. The number of carbonyl (C=O) groups excluding carboxylic acids is 1. The highest BCUT2D eigenvalue weighted by atomic mass is 16.2. The molecule has 1 heterocycles. The van der Waals surface area contributed by atoms with Crippen molar-refractivity contribution in [1.29, 1.82) is 0 Å². The third-order valence-electron chi connectivity index (χ3n) is 3.76. The predicted molar refractivity (Wildman–Crippen MR) is 78.4 cm³/mol. The molecule has 0 radical (unpaired) electrons. The monoisotopic (exact) mass is 261 g/mol. The lowest BCUT2D eigenvalue weighted by molar-refractivity contribution is 0.191. The lowest BCUT2D eigenvalue weighted by Crippen LogP contribution is -2.52. The smallest absolute Gasteiger partial charge is 0.324 e. The minimum absolute atomic E-state index is 0.0852. The molecule has 4 nitrogen and oxygen atoms in total. The molecular formula is C15H23N3O. The molecule has 1 aromatic carbocycles. The third kappa shape index (κ3) is 2.89. The van der Waals surface area contributed by atoms with E-state index in [0.717, 1.165) is 30.8 Å². The van der Waals surface area contributed by atoms with Gasteiger partial charge in [-0.25, -0.2) is 4.79 Å². The van der Waals surface area contributed by atoms with Crippen LogP contribution in [-0.2, 0) is 0 Å². The number of aryl methyl sites for hydroxylation is 2. The molecule has 1 aliphatic rings. The van der Waals surface area contributed by atoms with Gasteiger partial charge in [0.05, 0.1) is 0 Å². The summed E-state index contributed by atoms with van der Waals surface area (Å²) >= 11 is 0. The van der Waals surface area contributed by atoms with Gasteiger partial charge in [0, 0.05) is 25.8 Å². The Labute approximate surface area is 115 Å². The Bertz CT molecular complexity index is 472. The molecule has 4 heteroatoms. The number of rotatable bonds is 3. The average Bonchev–Trinajstić information content (AvgIpc) is 2.37. The Morgan fingerprint density at radius 3 is 2.74 bits per heavy atom. The van der Waals surface area contributed by atoms with Gasteiger partial charge in [-0.1, -0.05) is 12.1 Å². The molecule has 1 fully saturated rings. The average molecular weight is 261 g/mol. The summed E-state index contributed by atoms with van der Waals surface area (Å²) in [6.07, 6.45) is 0.957. The first kappa shape index (κ1) is 13.9. The predicted octanol–water partition coefficient (Wildman–Crippen LogP) is 2.14. The quantitative estimate of drug-likeness (QED) is 0.906. The number of nitrogens with two attached hydrogens (primary N) is 1. The van der Waals surface area contributed by atoms with Crippen LogP contribution in [-0.4, -0.2) is 37.6 Å². The summed E-state index contributed by atoms with van der Waals surface area (Å²) in [6, 6.07) is 6.33. The second kappa shape index (κ2) is 5.61. The molecule has 104 valence electrons. The van der Waals surface area contributed by atoms with Gasteiger partial charge in [0.1, 0.15) is 0 Å². The second-order valence-corrected chi connectivity index (χ2v) is 5.51. The van der Waals surface area contributed by atoms with Gasteiger partial charge in [0.15, 0.2) is 0 Å². The van der Waals surface area contributed by atoms with Gasteiger partial charge in [-0.15, -0.1) is 0 Å². The van der Waals surface area contributed by atoms with Crippen LogP contribution in [0, 0.1) is 19.8 Å². The van der Waals surface area contributed by atoms with Crippen LogP contribution in [0.1, 0.15) is 17.5 Å².